The van der Waals surface area contributed by atoms with Gasteiger partial charge in [0, 0.05) is 19.6 Å². The molecule has 1 aromatic rings. The van der Waals surface area contributed by atoms with Gasteiger partial charge in [0.25, 0.3) is 0 Å². The van der Waals surface area contributed by atoms with Crippen LogP contribution in [0.4, 0.5) is 13.2 Å². The molecule has 0 aliphatic rings. The first-order chi connectivity index (χ1) is 9.44. The van der Waals surface area contributed by atoms with Crippen LogP contribution in [0.15, 0.2) is 24.3 Å². The van der Waals surface area contributed by atoms with E-state index in [1.54, 1.807) is 14.2 Å². The molecule has 0 amide bonds. The molecule has 6 heteroatoms. The fraction of sp³-hybridized carbons (Fsp3) is 0.571. The van der Waals surface area contributed by atoms with Gasteiger partial charge in [-0.15, -0.1) is 0 Å². The van der Waals surface area contributed by atoms with Crippen LogP contribution in [0.5, 0.6) is 5.75 Å². The van der Waals surface area contributed by atoms with Gasteiger partial charge in [0.15, 0.2) is 0 Å². The maximum atomic E-state index is 12.5. The van der Waals surface area contributed by atoms with Crippen molar-refractivity contribution in [3.8, 4) is 5.75 Å². The van der Waals surface area contributed by atoms with E-state index in [1.165, 1.54) is 4.90 Å². The number of likely N-dealkylation sites (N-methyl/N-ethyl adjacent to an activating group) is 1. The third-order valence-electron chi connectivity index (χ3n) is 2.96. The van der Waals surface area contributed by atoms with Crippen molar-refractivity contribution in [2.75, 3.05) is 40.3 Å². The Balaban J connectivity index is 2.51. The Kier molecular flexibility index (Phi) is 6.81. The topological polar surface area (TPSA) is 24.5 Å². The van der Waals surface area contributed by atoms with Crippen LogP contribution in [0.25, 0.3) is 0 Å². The lowest BCUT2D eigenvalue weighted by Gasteiger charge is -2.23. The van der Waals surface area contributed by atoms with E-state index >= 15 is 0 Å². The summed E-state index contributed by atoms with van der Waals surface area (Å²) < 4.78 is 42.5. The standard InChI is InChI=1S/C14H21F3N2O/c1-18-8-10-19(11-14(15,16)17)9-7-12-3-5-13(20-2)6-4-12/h3-6,18H,7-11H2,1-2H3. The first-order valence-corrected chi connectivity index (χ1v) is 6.51. The van der Waals surface area contributed by atoms with Gasteiger partial charge in [-0.25, -0.2) is 0 Å². The number of hydrogen-bond donors (Lipinski definition) is 1. The van der Waals surface area contributed by atoms with E-state index in [0.29, 0.717) is 26.1 Å². The second kappa shape index (κ2) is 8.11. The minimum absolute atomic E-state index is 0.381. The number of halogens is 3. The number of nitrogens with one attached hydrogen (secondary N) is 1. The maximum Gasteiger partial charge on any atom is 0.401 e. The molecule has 0 unspecified atom stereocenters. The first kappa shape index (κ1) is 16.8. The third-order valence-corrected chi connectivity index (χ3v) is 2.96. The number of methoxy groups -OCH3 is 1. The number of ether oxygens (including phenoxy) is 1. The highest BCUT2D eigenvalue weighted by molar-refractivity contribution is 5.27. The summed E-state index contributed by atoms with van der Waals surface area (Å²) in [4.78, 5) is 1.42. The summed E-state index contributed by atoms with van der Waals surface area (Å²) in [6, 6.07) is 7.39. The Bertz CT molecular complexity index is 379. The predicted octanol–water partition coefficient (Wildman–Crippen LogP) is 2.32. The summed E-state index contributed by atoms with van der Waals surface area (Å²) in [7, 11) is 3.31. The second-order valence-corrected chi connectivity index (χ2v) is 4.59. The van der Waals surface area contributed by atoms with E-state index in [2.05, 4.69) is 5.32 Å². The van der Waals surface area contributed by atoms with Gasteiger partial charge >= 0.3 is 6.18 Å². The summed E-state index contributed by atoms with van der Waals surface area (Å²) >= 11 is 0. The molecule has 0 spiro atoms. The van der Waals surface area contributed by atoms with Crippen molar-refractivity contribution in [3.05, 3.63) is 29.8 Å². The van der Waals surface area contributed by atoms with Gasteiger partial charge in [0.2, 0.25) is 0 Å². The fourth-order valence-electron chi connectivity index (χ4n) is 1.87. The Morgan fingerprint density at radius 2 is 1.80 bits per heavy atom. The molecule has 3 nitrogen and oxygen atoms in total. The quantitative estimate of drug-likeness (QED) is 0.795. The number of alkyl halides is 3. The van der Waals surface area contributed by atoms with Crippen LogP contribution in [-0.2, 0) is 6.42 Å². The molecule has 0 aliphatic carbocycles. The van der Waals surface area contributed by atoms with E-state index in [9.17, 15) is 13.2 Å². The van der Waals surface area contributed by atoms with Crippen molar-refractivity contribution in [2.45, 2.75) is 12.6 Å². The van der Waals surface area contributed by atoms with Crippen LogP contribution in [-0.4, -0.2) is 51.4 Å². The predicted molar refractivity (Wildman–Crippen MR) is 73.1 cm³/mol. The van der Waals surface area contributed by atoms with Gasteiger partial charge in [-0.1, -0.05) is 12.1 Å². The van der Waals surface area contributed by atoms with E-state index in [4.69, 9.17) is 4.74 Å². The number of nitrogens with zero attached hydrogens (tertiary/aromatic N) is 1. The van der Waals surface area contributed by atoms with Crippen LogP contribution in [0, 0.1) is 0 Å². The minimum Gasteiger partial charge on any atom is -0.497 e. The van der Waals surface area contributed by atoms with E-state index in [-0.39, 0.29) is 0 Å². The van der Waals surface area contributed by atoms with E-state index in [1.807, 2.05) is 24.3 Å². The van der Waals surface area contributed by atoms with Crippen LogP contribution >= 0.6 is 0 Å². The molecule has 1 aromatic carbocycles. The number of rotatable bonds is 8. The van der Waals surface area contributed by atoms with Crippen molar-refractivity contribution < 1.29 is 17.9 Å². The molecule has 20 heavy (non-hydrogen) atoms. The van der Waals surface area contributed by atoms with Crippen molar-refractivity contribution in [1.82, 2.24) is 10.2 Å². The average Bonchev–Trinajstić information content (AvgIpc) is 2.41. The lowest BCUT2D eigenvalue weighted by atomic mass is 10.1. The summed E-state index contributed by atoms with van der Waals surface area (Å²) in [6.45, 7) is 0.434. The Labute approximate surface area is 117 Å². The molecule has 1 N–H and O–H groups in total. The molecule has 0 atom stereocenters. The molecule has 0 saturated carbocycles. The molecule has 0 bridgehead atoms. The zero-order valence-electron chi connectivity index (χ0n) is 11.8. The summed E-state index contributed by atoms with van der Waals surface area (Å²) in [6.07, 6.45) is -3.57. The first-order valence-electron chi connectivity index (χ1n) is 6.51. The highest BCUT2D eigenvalue weighted by atomic mass is 19.4. The minimum atomic E-state index is -4.16. The van der Waals surface area contributed by atoms with E-state index in [0.717, 1.165) is 11.3 Å². The lowest BCUT2D eigenvalue weighted by Crippen LogP contribution is -2.39. The molecule has 114 valence electrons. The van der Waals surface area contributed by atoms with Gasteiger partial charge in [-0.3, -0.25) is 4.90 Å². The third kappa shape index (κ3) is 6.77. The maximum absolute atomic E-state index is 12.5. The van der Waals surface area contributed by atoms with Crippen LogP contribution in [0.3, 0.4) is 0 Å². The van der Waals surface area contributed by atoms with Gasteiger partial charge in [-0.05, 0) is 31.2 Å². The fourth-order valence-corrected chi connectivity index (χ4v) is 1.87. The van der Waals surface area contributed by atoms with Gasteiger partial charge in [0.1, 0.15) is 5.75 Å². The van der Waals surface area contributed by atoms with Gasteiger partial charge in [0.05, 0.1) is 13.7 Å². The summed E-state index contributed by atoms with van der Waals surface area (Å²) in [5.74, 6) is 0.746. The van der Waals surface area contributed by atoms with Crippen LogP contribution < -0.4 is 10.1 Å². The Morgan fingerprint density at radius 3 is 2.30 bits per heavy atom. The monoisotopic (exact) mass is 290 g/mol. The summed E-state index contributed by atoms with van der Waals surface area (Å²) in [5, 5.41) is 2.87. The van der Waals surface area contributed by atoms with Crippen LogP contribution in [0.2, 0.25) is 0 Å². The number of benzene rings is 1. The SMILES string of the molecule is CNCCN(CCc1ccc(OC)cc1)CC(F)(F)F. The number of hydrogen-bond acceptors (Lipinski definition) is 3. The van der Waals surface area contributed by atoms with Crippen molar-refractivity contribution in [2.24, 2.45) is 0 Å². The largest absolute Gasteiger partial charge is 0.497 e. The zero-order valence-corrected chi connectivity index (χ0v) is 11.8. The second-order valence-electron chi connectivity index (χ2n) is 4.59. The van der Waals surface area contributed by atoms with Gasteiger partial charge < -0.3 is 10.1 Å². The van der Waals surface area contributed by atoms with Crippen molar-refractivity contribution >= 4 is 0 Å². The molecule has 0 radical (unpaired) electrons. The lowest BCUT2D eigenvalue weighted by molar-refractivity contribution is -0.145. The molecule has 0 fully saturated rings. The molecule has 0 aliphatic heterocycles. The Morgan fingerprint density at radius 1 is 1.15 bits per heavy atom. The van der Waals surface area contributed by atoms with Crippen molar-refractivity contribution in [1.29, 1.82) is 0 Å². The normalized spacial score (nSPS) is 11.9. The highest BCUT2D eigenvalue weighted by Crippen LogP contribution is 2.17. The van der Waals surface area contributed by atoms with E-state index < -0.39 is 12.7 Å². The molecule has 0 heterocycles. The average molecular weight is 290 g/mol. The van der Waals surface area contributed by atoms with Crippen molar-refractivity contribution in [3.63, 3.8) is 0 Å². The molecule has 0 saturated heterocycles. The van der Waals surface area contributed by atoms with Gasteiger partial charge in [-0.2, -0.15) is 13.2 Å². The molecular weight excluding hydrogens is 269 g/mol. The van der Waals surface area contributed by atoms with Crippen LogP contribution in [0.1, 0.15) is 5.56 Å². The molecule has 0 aromatic heterocycles. The Hall–Kier alpha value is -1.27. The smallest absolute Gasteiger partial charge is 0.401 e. The zero-order chi connectivity index (χ0) is 15.0. The molecule has 1 rings (SSSR count). The summed E-state index contributed by atoms with van der Waals surface area (Å²) in [5.41, 5.74) is 1.00. The highest BCUT2D eigenvalue weighted by Gasteiger charge is 2.30. The molecular formula is C14H21F3N2O.